The van der Waals surface area contributed by atoms with Gasteiger partial charge in [0.1, 0.15) is 0 Å². The van der Waals surface area contributed by atoms with Gasteiger partial charge in [-0.15, -0.1) is 0 Å². The summed E-state index contributed by atoms with van der Waals surface area (Å²) in [4.78, 5) is 0. The van der Waals surface area contributed by atoms with Crippen molar-refractivity contribution in [2.75, 3.05) is 14.1 Å². The van der Waals surface area contributed by atoms with Gasteiger partial charge in [0.05, 0.1) is 0 Å². The predicted octanol–water partition coefficient (Wildman–Crippen LogP) is 8.31. The van der Waals surface area contributed by atoms with Gasteiger partial charge in [0, 0.05) is 0 Å². The van der Waals surface area contributed by atoms with E-state index in [1.54, 1.807) is 0 Å². The number of hydrogen-bond acceptors (Lipinski definition) is 2. The molecule has 0 aromatic heterocycles. The van der Waals surface area contributed by atoms with Gasteiger partial charge in [-0.3, -0.25) is 0 Å². The van der Waals surface area contributed by atoms with Crippen LogP contribution in [0.25, 0.3) is 0 Å². The molecule has 0 spiro atoms. The summed E-state index contributed by atoms with van der Waals surface area (Å²) in [7, 11) is 3.00. The second-order valence-electron chi connectivity index (χ2n) is 9.46. The molecule has 32 heavy (non-hydrogen) atoms. The summed E-state index contributed by atoms with van der Waals surface area (Å²) in [5.41, 5.74) is 10.0. The van der Waals surface area contributed by atoms with Gasteiger partial charge in [-0.2, -0.15) is 0 Å². The van der Waals surface area contributed by atoms with Crippen molar-refractivity contribution in [3.05, 3.63) is 109 Å². The second kappa shape index (κ2) is 28.6. The molecule has 0 amide bonds. The summed E-state index contributed by atoms with van der Waals surface area (Å²) in [6.07, 6.45) is 0. The fraction of sp³-hybridized carbons (Fsp3) is 0.400. The summed E-state index contributed by atoms with van der Waals surface area (Å²) in [5, 5.41) is 0. The van der Waals surface area contributed by atoms with Crippen LogP contribution in [0.5, 0.6) is 0 Å². The molecule has 3 aromatic carbocycles. The number of rotatable bonds is 0. The molecule has 2 nitrogen and oxygen atoms in total. The number of hydrogen-bond donors (Lipinski definition) is 2. The van der Waals surface area contributed by atoms with Gasteiger partial charge in [0.15, 0.2) is 0 Å². The van der Waals surface area contributed by atoms with E-state index in [0.29, 0.717) is 10.8 Å². The van der Waals surface area contributed by atoms with Crippen molar-refractivity contribution < 1.29 is 0 Å². The largest absolute Gasteiger partial charge is 0.333 e. The van der Waals surface area contributed by atoms with Crippen LogP contribution in [-0.4, -0.2) is 14.1 Å². The molecule has 0 saturated heterocycles. The van der Waals surface area contributed by atoms with Crippen molar-refractivity contribution in [1.82, 2.24) is 0 Å². The maximum absolute atomic E-state index is 4.50. The Balaban J connectivity index is -0.000000148. The van der Waals surface area contributed by atoms with E-state index >= 15 is 0 Å². The molecular formula is C30H52N2. The van der Waals surface area contributed by atoms with E-state index in [2.05, 4.69) is 66.9 Å². The van der Waals surface area contributed by atoms with Gasteiger partial charge in [0.25, 0.3) is 0 Å². The third-order valence-electron chi connectivity index (χ3n) is 2.00. The predicted molar refractivity (Wildman–Crippen MR) is 150 cm³/mol. The standard InChI is InChI=1S/3C6H6.2C5H12.2CH5N/c3*1-2-4-6-5-3-1;2*1-5(2,3)4;2*1-2/h3*1-6H;2*1-4H3;2*2H2,1H3. The van der Waals surface area contributed by atoms with E-state index in [4.69, 9.17) is 0 Å². The molecule has 0 saturated carbocycles. The second-order valence-corrected chi connectivity index (χ2v) is 9.46. The lowest BCUT2D eigenvalue weighted by atomic mass is 10.0. The van der Waals surface area contributed by atoms with Gasteiger partial charge in [-0.25, -0.2) is 0 Å². The molecule has 3 aromatic rings. The van der Waals surface area contributed by atoms with E-state index in [0.717, 1.165) is 0 Å². The minimum atomic E-state index is 0.500. The van der Waals surface area contributed by atoms with E-state index < -0.39 is 0 Å². The van der Waals surface area contributed by atoms with Crippen LogP contribution in [-0.2, 0) is 0 Å². The van der Waals surface area contributed by atoms with Gasteiger partial charge in [-0.1, -0.05) is 165 Å². The molecule has 0 atom stereocenters. The molecule has 2 heteroatoms. The Morgan fingerprint density at radius 1 is 0.250 bits per heavy atom. The molecule has 0 aliphatic carbocycles. The molecule has 3 rings (SSSR count). The van der Waals surface area contributed by atoms with Crippen LogP contribution >= 0.6 is 0 Å². The van der Waals surface area contributed by atoms with Crippen LogP contribution < -0.4 is 11.5 Å². The van der Waals surface area contributed by atoms with Crippen molar-refractivity contribution >= 4 is 0 Å². The first kappa shape index (κ1) is 36.9. The fourth-order valence-corrected chi connectivity index (χ4v) is 1.15. The van der Waals surface area contributed by atoms with E-state index in [-0.39, 0.29) is 0 Å². The summed E-state index contributed by atoms with van der Waals surface area (Å²) in [5.74, 6) is 0. The molecule has 0 bridgehead atoms. The van der Waals surface area contributed by atoms with Gasteiger partial charge in [0.2, 0.25) is 0 Å². The van der Waals surface area contributed by atoms with Gasteiger partial charge < -0.3 is 11.5 Å². The zero-order chi connectivity index (χ0) is 25.7. The van der Waals surface area contributed by atoms with Gasteiger partial charge >= 0.3 is 0 Å². The fourth-order valence-electron chi connectivity index (χ4n) is 1.15. The Bertz CT molecular complexity index is 431. The topological polar surface area (TPSA) is 52.0 Å². The quantitative estimate of drug-likeness (QED) is 0.369. The Kier molecular flexibility index (Phi) is 33.0. The van der Waals surface area contributed by atoms with Crippen molar-refractivity contribution in [3.63, 3.8) is 0 Å². The molecule has 0 fully saturated rings. The van der Waals surface area contributed by atoms with Gasteiger partial charge in [-0.05, 0) is 24.9 Å². The molecule has 0 unspecified atom stereocenters. The first-order valence-corrected chi connectivity index (χ1v) is 11.2. The molecule has 0 aliphatic heterocycles. The summed E-state index contributed by atoms with van der Waals surface area (Å²) in [6, 6.07) is 36.0. The van der Waals surface area contributed by atoms with Crippen LogP contribution in [0.2, 0.25) is 0 Å². The lowest BCUT2D eigenvalue weighted by Gasteiger charge is -2.05. The van der Waals surface area contributed by atoms with Crippen molar-refractivity contribution in [3.8, 4) is 0 Å². The number of benzene rings is 3. The molecular weight excluding hydrogens is 388 g/mol. The monoisotopic (exact) mass is 440 g/mol. The van der Waals surface area contributed by atoms with E-state index in [1.807, 2.05) is 109 Å². The summed E-state index contributed by atoms with van der Waals surface area (Å²) >= 11 is 0. The Labute approximate surface area is 201 Å². The minimum absolute atomic E-state index is 0.500. The zero-order valence-electron chi connectivity index (χ0n) is 22.5. The van der Waals surface area contributed by atoms with Crippen LogP contribution in [0, 0.1) is 10.8 Å². The van der Waals surface area contributed by atoms with Crippen LogP contribution in [0.1, 0.15) is 55.4 Å². The Morgan fingerprint density at radius 3 is 0.312 bits per heavy atom. The number of nitrogens with two attached hydrogens (primary N) is 2. The average molecular weight is 441 g/mol. The highest BCUT2D eigenvalue weighted by Crippen LogP contribution is 2.08. The van der Waals surface area contributed by atoms with Crippen molar-refractivity contribution in [2.45, 2.75) is 55.4 Å². The third kappa shape index (κ3) is 80.3. The molecule has 182 valence electrons. The highest BCUT2D eigenvalue weighted by atomic mass is 14.4. The Hall–Kier alpha value is -2.42. The Morgan fingerprint density at radius 2 is 0.281 bits per heavy atom. The molecule has 0 aliphatic rings. The van der Waals surface area contributed by atoms with Crippen LogP contribution in [0.3, 0.4) is 0 Å². The van der Waals surface area contributed by atoms with E-state index in [1.165, 1.54) is 14.1 Å². The smallest absolute Gasteiger partial charge is 0.0195 e. The molecule has 0 radical (unpaired) electrons. The maximum atomic E-state index is 4.50. The lowest BCUT2D eigenvalue weighted by molar-refractivity contribution is 0.469. The van der Waals surface area contributed by atoms with Crippen molar-refractivity contribution in [1.29, 1.82) is 0 Å². The normalized spacial score (nSPS) is 8.62. The zero-order valence-corrected chi connectivity index (χ0v) is 22.5. The van der Waals surface area contributed by atoms with E-state index in [9.17, 15) is 0 Å². The minimum Gasteiger partial charge on any atom is -0.333 e. The lowest BCUT2D eigenvalue weighted by Crippen LogP contribution is -1.93. The molecule has 4 N–H and O–H groups in total. The first-order chi connectivity index (χ1) is 15.0. The molecule has 0 heterocycles. The first-order valence-electron chi connectivity index (χ1n) is 11.2. The highest BCUT2D eigenvalue weighted by molar-refractivity contribution is 5.00. The SMILES string of the molecule is CC(C)(C)C.CC(C)(C)C.CN.CN.c1ccccc1.c1ccccc1.c1ccccc1. The van der Waals surface area contributed by atoms with Crippen LogP contribution in [0.4, 0.5) is 0 Å². The van der Waals surface area contributed by atoms with Crippen LogP contribution in [0.15, 0.2) is 109 Å². The summed E-state index contributed by atoms with van der Waals surface area (Å²) in [6.45, 7) is 17.5. The third-order valence-corrected chi connectivity index (χ3v) is 2.00. The highest BCUT2D eigenvalue weighted by Gasteiger charge is 1.96. The van der Waals surface area contributed by atoms with Crippen molar-refractivity contribution in [2.24, 2.45) is 22.3 Å². The summed E-state index contributed by atoms with van der Waals surface area (Å²) < 4.78 is 0. The maximum Gasteiger partial charge on any atom is -0.0195 e. The average Bonchev–Trinajstić information content (AvgIpc) is 2.79.